The Labute approximate surface area is 199 Å². The number of rotatable bonds is 6. The summed E-state index contributed by atoms with van der Waals surface area (Å²) in [5.41, 5.74) is 3.80. The Morgan fingerprint density at radius 2 is 1.81 bits per heavy atom. The van der Waals surface area contributed by atoms with E-state index < -0.39 is 0 Å². The molecule has 0 spiro atoms. The van der Waals surface area contributed by atoms with Crippen LogP contribution in [-0.2, 0) is 19.5 Å². The Morgan fingerprint density at radius 1 is 1.09 bits per heavy atom. The van der Waals surface area contributed by atoms with Crippen molar-refractivity contribution in [2.24, 2.45) is 23.2 Å². The average molecular weight is 497 g/mol. The van der Waals surface area contributed by atoms with Gasteiger partial charge in [-0.05, 0) is 79.7 Å². The average Bonchev–Trinajstić information content (AvgIpc) is 2.78. The zero-order valence-electron chi connectivity index (χ0n) is 18.6. The lowest BCUT2D eigenvalue weighted by molar-refractivity contribution is -0.115. The Balaban J connectivity index is 1.12. The summed E-state index contributed by atoms with van der Waals surface area (Å²) in [6.45, 7) is 3.36. The van der Waals surface area contributed by atoms with Crippen molar-refractivity contribution in [3.8, 4) is 0 Å². The number of anilines is 1. The van der Waals surface area contributed by atoms with Crippen LogP contribution in [0.1, 0.15) is 55.3 Å². The molecule has 7 rings (SSSR count). The van der Waals surface area contributed by atoms with E-state index in [9.17, 15) is 5.11 Å². The lowest BCUT2D eigenvalue weighted by Gasteiger charge is -2.58. The van der Waals surface area contributed by atoms with Gasteiger partial charge in [-0.25, -0.2) is 9.97 Å². The van der Waals surface area contributed by atoms with Crippen LogP contribution in [0.25, 0.3) is 0 Å². The van der Waals surface area contributed by atoms with E-state index >= 15 is 0 Å². The molecule has 0 amide bonds. The molecule has 4 saturated carbocycles. The highest BCUT2D eigenvalue weighted by Gasteiger charge is 2.53. The van der Waals surface area contributed by atoms with E-state index in [1.807, 2.05) is 0 Å². The Hall–Kier alpha value is -1.50. The topological polar surface area (TPSA) is 61.3 Å². The van der Waals surface area contributed by atoms with E-state index in [0.717, 1.165) is 59.8 Å². The quantitative estimate of drug-likeness (QED) is 0.601. The van der Waals surface area contributed by atoms with Gasteiger partial charge in [0.15, 0.2) is 0 Å². The third-order valence-corrected chi connectivity index (χ3v) is 9.47. The van der Waals surface area contributed by atoms with Crippen LogP contribution in [0.15, 0.2) is 35.1 Å². The van der Waals surface area contributed by atoms with Crippen molar-refractivity contribution in [3.63, 3.8) is 0 Å². The van der Waals surface area contributed by atoms with Crippen LogP contribution in [-0.4, -0.2) is 39.2 Å². The smallest absolute Gasteiger partial charge is 0.133 e. The summed E-state index contributed by atoms with van der Waals surface area (Å²) >= 11 is 3.67. The fourth-order valence-corrected chi connectivity index (χ4v) is 7.97. The number of benzene rings is 1. The molecule has 4 aliphatic carbocycles. The second-order valence-corrected chi connectivity index (χ2v) is 11.7. The highest BCUT2D eigenvalue weighted by molar-refractivity contribution is 9.10. The molecule has 1 aliphatic heterocycles. The third kappa shape index (κ3) is 3.88. The molecule has 170 valence electrons. The molecule has 2 aromatic rings. The Morgan fingerprint density at radius 3 is 2.53 bits per heavy atom. The standard InChI is InChI=1S/C26H33BrN4O/c27-22-4-2-1-3-20(22)14-31-6-5-21-23(15-31)29-16-30-25(21)28-13-24(32)26-10-17-7-18(11-26)9-19(8-17)12-26/h1-4,16-19,24,32H,5-15H2,(H,28,29,30). The van der Waals surface area contributed by atoms with Crippen molar-refractivity contribution in [2.75, 3.05) is 18.4 Å². The molecule has 4 fully saturated rings. The maximum atomic E-state index is 11.3. The first-order valence-corrected chi connectivity index (χ1v) is 13.1. The summed E-state index contributed by atoms with van der Waals surface area (Å²) in [6, 6.07) is 8.43. The van der Waals surface area contributed by atoms with Gasteiger partial charge >= 0.3 is 0 Å². The second kappa shape index (κ2) is 8.37. The van der Waals surface area contributed by atoms with Crippen LogP contribution >= 0.6 is 15.9 Å². The number of aliphatic hydroxyl groups is 1. The molecule has 1 atom stereocenters. The fraction of sp³-hybridized carbons (Fsp3) is 0.615. The van der Waals surface area contributed by atoms with Crippen molar-refractivity contribution < 1.29 is 5.11 Å². The number of fused-ring (bicyclic) bond motifs is 1. The van der Waals surface area contributed by atoms with Gasteiger partial charge in [0, 0.05) is 36.2 Å². The maximum absolute atomic E-state index is 11.3. The van der Waals surface area contributed by atoms with Crippen molar-refractivity contribution >= 4 is 21.7 Å². The predicted octanol–water partition coefficient (Wildman–Crippen LogP) is 4.79. The van der Waals surface area contributed by atoms with Crippen molar-refractivity contribution in [3.05, 3.63) is 51.9 Å². The van der Waals surface area contributed by atoms with Gasteiger partial charge in [-0.1, -0.05) is 34.1 Å². The highest BCUT2D eigenvalue weighted by Crippen LogP contribution is 2.61. The molecule has 5 aliphatic rings. The minimum Gasteiger partial charge on any atom is -0.391 e. The Bertz CT molecular complexity index is 960. The Kier molecular flexibility index (Phi) is 5.51. The molecule has 1 aromatic heterocycles. The first-order valence-electron chi connectivity index (χ1n) is 12.3. The van der Waals surface area contributed by atoms with Crippen LogP contribution in [0.3, 0.4) is 0 Å². The summed E-state index contributed by atoms with van der Waals surface area (Å²) in [5.74, 6) is 3.51. The van der Waals surface area contributed by atoms with Gasteiger partial charge in [0.2, 0.25) is 0 Å². The monoisotopic (exact) mass is 496 g/mol. The molecular weight excluding hydrogens is 464 g/mol. The van der Waals surface area contributed by atoms with Gasteiger partial charge in [0.25, 0.3) is 0 Å². The number of hydrogen-bond acceptors (Lipinski definition) is 5. The van der Waals surface area contributed by atoms with E-state index in [4.69, 9.17) is 0 Å². The van der Waals surface area contributed by atoms with Crippen LogP contribution in [0.4, 0.5) is 5.82 Å². The van der Waals surface area contributed by atoms with Crippen molar-refractivity contribution in [1.82, 2.24) is 14.9 Å². The van der Waals surface area contributed by atoms with Crippen molar-refractivity contribution in [2.45, 2.75) is 64.1 Å². The summed E-state index contributed by atoms with van der Waals surface area (Å²) in [5, 5.41) is 14.8. The third-order valence-electron chi connectivity index (χ3n) is 8.69. The minimum absolute atomic E-state index is 0.148. The predicted molar refractivity (Wildman–Crippen MR) is 129 cm³/mol. The maximum Gasteiger partial charge on any atom is 0.133 e. The van der Waals surface area contributed by atoms with Crippen LogP contribution in [0.2, 0.25) is 0 Å². The van der Waals surface area contributed by atoms with Gasteiger partial charge in [-0.15, -0.1) is 0 Å². The molecule has 5 nitrogen and oxygen atoms in total. The number of aromatic nitrogens is 2. The van der Waals surface area contributed by atoms with Gasteiger partial charge in [-0.2, -0.15) is 0 Å². The number of nitrogens with zero attached hydrogens (tertiary/aromatic N) is 3. The number of halogens is 1. The second-order valence-electron chi connectivity index (χ2n) is 10.9. The van der Waals surface area contributed by atoms with E-state index in [1.54, 1.807) is 6.33 Å². The molecule has 0 saturated heterocycles. The van der Waals surface area contributed by atoms with E-state index in [2.05, 4.69) is 60.4 Å². The molecule has 1 aromatic carbocycles. The lowest BCUT2D eigenvalue weighted by Crippen LogP contribution is -2.53. The summed E-state index contributed by atoms with van der Waals surface area (Å²) < 4.78 is 1.16. The van der Waals surface area contributed by atoms with E-state index in [0.29, 0.717) is 6.54 Å². The number of hydrogen-bond donors (Lipinski definition) is 2. The van der Waals surface area contributed by atoms with Gasteiger partial charge in [0.05, 0.1) is 11.8 Å². The van der Waals surface area contributed by atoms with Crippen LogP contribution in [0.5, 0.6) is 0 Å². The minimum atomic E-state index is -0.281. The molecule has 0 radical (unpaired) electrons. The lowest BCUT2D eigenvalue weighted by atomic mass is 9.48. The number of nitrogens with one attached hydrogen (secondary N) is 1. The zero-order valence-corrected chi connectivity index (χ0v) is 20.2. The molecule has 2 heterocycles. The highest BCUT2D eigenvalue weighted by atomic mass is 79.9. The molecule has 4 bridgehead atoms. The van der Waals surface area contributed by atoms with Gasteiger partial charge in [-0.3, -0.25) is 4.90 Å². The van der Waals surface area contributed by atoms with E-state index in [-0.39, 0.29) is 11.5 Å². The normalized spacial score (nSPS) is 32.0. The van der Waals surface area contributed by atoms with Gasteiger partial charge in [0.1, 0.15) is 12.1 Å². The largest absolute Gasteiger partial charge is 0.391 e. The van der Waals surface area contributed by atoms with Crippen LogP contribution in [0, 0.1) is 23.2 Å². The van der Waals surface area contributed by atoms with Crippen LogP contribution < -0.4 is 5.32 Å². The number of aliphatic hydroxyl groups excluding tert-OH is 1. The SMILES string of the molecule is OC(CNc1ncnc2c1CCN(Cc1ccccc1Br)C2)C12CC3CC(CC(C3)C1)C2. The van der Waals surface area contributed by atoms with Crippen molar-refractivity contribution in [1.29, 1.82) is 0 Å². The zero-order chi connectivity index (χ0) is 21.7. The van der Waals surface area contributed by atoms with E-state index in [1.165, 1.54) is 49.7 Å². The first-order chi connectivity index (χ1) is 15.6. The first kappa shape index (κ1) is 21.1. The summed E-state index contributed by atoms with van der Waals surface area (Å²) in [4.78, 5) is 11.6. The van der Waals surface area contributed by atoms with Gasteiger partial charge < -0.3 is 10.4 Å². The summed E-state index contributed by atoms with van der Waals surface area (Å²) in [6.07, 6.45) is 10.3. The molecular formula is C26H33BrN4O. The molecule has 1 unspecified atom stereocenters. The summed E-state index contributed by atoms with van der Waals surface area (Å²) in [7, 11) is 0. The molecule has 6 heteroatoms. The molecule has 32 heavy (non-hydrogen) atoms. The fourth-order valence-electron chi connectivity index (χ4n) is 7.56. The molecule has 2 N–H and O–H groups in total.